The summed E-state index contributed by atoms with van der Waals surface area (Å²) in [5.74, 6) is -0.128. The van der Waals surface area contributed by atoms with Gasteiger partial charge in [-0.25, -0.2) is 4.79 Å². The number of likely N-dealkylation sites (tertiary alicyclic amines) is 1. The molecule has 38 heavy (non-hydrogen) atoms. The lowest BCUT2D eigenvalue weighted by Gasteiger charge is -2.33. The summed E-state index contributed by atoms with van der Waals surface area (Å²) in [6.45, 7) is 6.86. The fourth-order valence-electron chi connectivity index (χ4n) is 3.93. The van der Waals surface area contributed by atoms with E-state index in [-0.39, 0.29) is 27.7 Å². The molecule has 0 radical (unpaired) electrons. The van der Waals surface area contributed by atoms with Crippen LogP contribution in [-0.2, 0) is 9.53 Å². The third kappa shape index (κ3) is 9.45. The molecule has 3 N–H and O–H groups in total. The average molecular weight is 580 g/mol. The molecule has 3 rings (SSSR count). The Labute approximate surface area is 238 Å². The highest BCUT2D eigenvalue weighted by molar-refractivity contribution is 7.80. The second kappa shape index (κ2) is 13.3. The van der Waals surface area contributed by atoms with Crippen molar-refractivity contribution in [3.05, 3.63) is 58.1 Å². The van der Waals surface area contributed by atoms with E-state index in [9.17, 15) is 14.4 Å². The van der Waals surface area contributed by atoms with Crippen molar-refractivity contribution in [1.82, 2.24) is 10.2 Å². The molecule has 11 heteroatoms. The number of rotatable bonds is 6. The molecule has 1 aliphatic heterocycles. The molecule has 0 aromatic heterocycles. The molecule has 0 spiro atoms. The van der Waals surface area contributed by atoms with Gasteiger partial charge in [-0.1, -0.05) is 23.2 Å². The maximum Gasteiger partial charge on any atom is 0.410 e. The molecule has 1 aliphatic rings. The Hall–Kier alpha value is -2.88. The zero-order valence-corrected chi connectivity index (χ0v) is 23.9. The highest BCUT2D eigenvalue weighted by atomic mass is 35.5. The van der Waals surface area contributed by atoms with Gasteiger partial charge in [0.05, 0.1) is 10.6 Å². The number of amides is 3. The van der Waals surface area contributed by atoms with Crippen LogP contribution in [0.4, 0.5) is 16.2 Å². The Kier molecular flexibility index (Phi) is 10.4. The summed E-state index contributed by atoms with van der Waals surface area (Å²) in [4.78, 5) is 38.8. The van der Waals surface area contributed by atoms with Gasteiger partial charge in [0.1, 0.15) is 5.60 Å². The van der Waals surface area contributed by atoms with Gasteiger partial charge in [-0.2, -0.15) is 0 Å². The van der Waals surface area contributed by atoms with Gasteiger partial charge in [-0.15, -0.1) is 0 Å². The molecule has 1 saturated heterocycles. The number of hydrogen-bond acceptors (Lipinski definition) is 5. The first-order chi connectivity index (χ1) is 17.9. The highest BCUT2D eigenvalue weighted by Crippen LogP contribution is 2.24. The summed E-state index contributed by atoms with van der Waals surface area (Å²) in [6, 6.07) is 11.6. The van der Waals surface area contributed by atoms with Gasteiger partial charge < -0.3 is 20.3 Å². The van der Waals surface area contributed by atoms with E-state index in [1.807, 2.05) is 20.8 Å². The molecule has 0 unspecified atom stereocenters. The van der Waals surface area contributed by atoms with Crippen LogP contribution in [0, 0.1) is 5.92 Å². The number of hydrogen-bond donors (Lipinski definition) is 3. The molecule has 0 atom stereocenters. The topological polar surface area (TPSA) is 99.8 Å². The molecule has 0 bridgehead atoms. The Balaban J connectivity index is 1.38. The van der Waals surface area contributed by atoms with Crippen LogP contribution in [0.1, 0.15) is 56.8 Å². The summed E-state index contributed by atoms with van der Waals surface area (Å²) in [7, 11) is 0. The van der Waals surface area contributed by atoms with Crippen LogP contribution < -0.4 is 16.0 Å². The summed E-state index contributed by atoms with van der Waals surface area (Å²) in [5, 5.41) is 9.16. The standard InChI is InChI=1S/C27H32Cl2N4O4S/c1-27(2,3)37-26(36)33-14-12-17(13-15-33)4-11-23(34)30-19-6-8-20(9-7-19)31-25(38)32-24(35)21-10-5-18(28)16-22(21)29/h5-10,16-17H,4,11-15H2,1-3H3,(H,30,34)(H2,31,32,35,38). The SMILES string of the molecule is CC(C)(C)OC(=O)N1CCC(CCC(=O)Nc2ccc(NC(=S)NC(=O)c3ccc(Cl)cc3Cl)cc2)CC1. The van der Waals surface area contributed by atoms with Crippen molar-refractivity contribution in [2.75, 3.05) is 23.7 Å². The number of piperidine rings is 1. The summed E-state index contributed by atoms with van der Waals surface area (Å²) < 4.78 is 5.43. The molecule has 2 aromatic carbocycles. The maximum atomic E-state index is 12.5. The van der Waals surface area contributed by atoms with E-state index in [1.165, 1.54) is 12.1 Å². The van der Waals surface area contributed by atoms with Crippen molar-refractivity contribution in [2.45, 2.75) is 52.1 Å². The number of nitrogens with one attached hydrogen (secondary N) is 3. The number of halogens is 2. The van der Waals surface area contributed by atoms with E-state index >= 15 is 0 Å². The minimum absolute atomic E-state index is 0.0668. The predicted octanol–water partition coefficient (Wildman–Crippen LogP) is 6.49. The van der Waals surface area contributed by atoms with Crippen molar-refractivity contribution in [3.8, 4) is 0 Å². The molecule has 3 amide bonds. The van der Waals surface area contributed by atoms with E-state index in [2.05, 4.69) is 16.0 Å². The second-order valence-corrected chi connectivity index (χ2v) is 11.4. The fraction of sp³-hybridized carbons (Fsp3) is 0.407. The quantitative estimate of drug-likeness (QED) is 0.339. The summed E-state index contributed by atoms with van der Waals surface area (Å²) >= 11 is 17.1. The van der Waals surface area contributed by atoms with Gasteiger partial charge in [-0.05, 0) is 101 Å². The van der Waals surface area contributed by atoms with E-state index in [4.69, 9.17) is 40.2 Å². The average Bonchev–Trinajstić information content (AvgIpc) is 2.83. The number of thiocarbonyl (C=S) groups is 1. The second-order valence-electron chi connectivity index (χ2n) is 10.1. The number of carbonyl (C=O) groups is 3. The van der Waals surface area contributed by atoms with E-state index in [1.54, 1.807) is 35.2 Å². The first kappa shape index (κ1) is 29.7. The Morgan fingerprint density at radius 2 is 1.61 bits per heavy atom. The first-order valence-electron chi connectivity index (χ1n) is 12.3. The van der Waals surface area contributed by atoms with Crippen LogP contribution in [-0.4, -0.2) is 46.6 Å². The monoisotopic (exact) mass is 578 g/mol. The molecule has 8 nitrogen and oxygen atoms in total. The largest absolute Gasteiger partial charge is 0.444 e. The van der Waals surface area contributed by atoms with Crippen LogP contribution in [0.2, 0.25) is 10.0 Å². The van der Waals surface area contributed by atoms with Crippen LogP contribution in [0.5, 0.6) is 0 Å². The number of benzene rings is 2. The summed E-state index contributed by atoms with van der Waals surface area (Å²) in [6.07, 6.45) is 2.60. The van der Waals surface area contributed by atoms with E-state index in [0.717, 1.165) is 19.3 Å². The van der Waals surface area contributed by atoms with Crippen molar-refractivity contribution >= 4 is 69.8 Å². The van der Waals surface area contributed by atoms with Gasteiger partial charge in [0.2, 0.25) is 5.91 Å². The molecule has 2 aromatic rings. The van der Waals surface area contributed by atoms with Crippen LogP contribution in [0.3, 0.4) is 0 Å². The van der Waals surface area contributed by atoms with Gasteiger partial charge in [-0.3, -0.25) is 14.9 Å². The zero-order chi connectivity index (χ0) is 27.9. The zero-order valence-electron chi connectivity index (χ0n) is 21.6. The minimum Gasteiger partial charge on any atom is -0.444 e. The van der Waals surface area contributed by atoms with E-state index in [0.29, 0.717) is 41.8 Å². The lowest BCUT2D eigenvalue weighted by Crippen LogP contribution is -2.41. The van der Waals surface area contributed by atoms with Gasteiger partial charge in [0.15, 0.2) is 5.11 Å². The number of anilines is 2. The normalized spacial score (nSPS) is 14.0. The highest BCUT2D eigenvalue weighted by Gasteiger charge is 2.27. The first-order valence-corrected chi connectivity index (χ1v) is 13.5. The number of carbonyl (C=O) groups excluding carboxylic acids is 3. The summed E-state index contributed by atoms with van der Waals surface area (Å²) in [5.41, 5.74) is 1.05. The molecule has 204 valence electrons. The van der Waals surface area contributed by atoms with Gasteiger partial charge in [0, 0.05) is 35.9 Å². The molecular weight excluding hydrogens is 547 g/mol. The number of nitrogens with zero attached hydrogens (tertiary/aromatic N) is 1. The van der Waals surface area contributed by atoms with Gasteiger partial charge in [0.25, 0.3) is 5.91 Å². The van der Waals surface area contributed by atoms with Crippen molar-refractivity contribution in [1.29, 1.82) is 0 Å². The maximum absolute atomic E-state index is 12.5. The molecule has 0 saturated carbocycles. The van der Waals surface area contributed by atoms with Crippen LogP contribution >= 0.6 is 35.4 Å². The Bertz CT molecular complexity index is 1180. The van der Waals surface area contributed by atoms with Crippen LogP contribution in [0.25, 0.3) is 0 Å². The van der Waals surface area contributed by atoms with Crippen molar-refractivity contribution < 1.29 is 19.1 Å². The van der Waals surface area contributed by atoms with Crippen LogP contribution in [0.15, 0.2) is 42.5 Å². The smallest absolute Gasteiger partial charge is 0.410 e. The Morgan fingerprint density at radius 3 is 2.18 bits per heavy atom. The molecule has 0 aliphatic carbocycles. The van der Waals surface area contributed by atoms with Crippen molar-refractivity contribution in [2.24, 2.45) is 5.92 Å². The minimum atomic E-state index is -0.505. The molecular formula is C27H32Cl2N4O4S. The third-order valence-corrected chi connectivity index (χ3v) is 6.63. The third-order valence-electron chi connectivity index (χ3n) is 5.88. The van der Waals surface area contributed by atoms with Crippen molar-refractivity contribution in [3.63, 3.8) is 0 Å². The molecule has 1 fully saturated rings. The van der Waals surface area contributed by atoms with Gasteiger partial charge >= 0.3 is 6.09 Å². The Morgan fingerprint density at radius 1 is 1.00 bits per heavy atom. The molecule has 1 heterocycles. The lowest BCUT2D eigenvalue weighted by atomic mass is 9.92. The van der Waals surface area contributed by atoms with E-state index < -0.39 is 11.5 Å². The lowest BCUT2D eigenvalue weighted by molar-refractivity contribution is -0.116. The predicted molar refractivity (Wildman–Crippen MR) is 155 cm³/mol. The fourth-order valence-corrected chi connectivity index (χ4v) is 4.64. The number of ether oxygens (including phenoxy) is 1.